The van der Waals surface area contributed by atoms with E-state index in [1.807, 2.05) is 0 Å². The van der Waals surface area contributed by atoms with Crippen molar-refractivity contribution in [2.45, 2.75) is 31.2 Å². The lowest BCUT2D eigenvalue weighted by molar-refractivity contribution is -0.138. The summed E-state index contributed by atoms with van der Waals surface area (Å²) >= 11 is 0. The average Bonchev–Trinajstić information content (AvgIpc) is 3.18. The van der Waals surface area contributed by atoms with Crippen molar-refractivity contribution in [1.82, 2.24) is 9.80 Å². The number of halogens is 1. The molecule has 7 heteroatoms. The van der Waals surface area contributed by atoms with Crippen LogP contribution in [0.5, 0.6) is 0 Å². The highest BCUT2D eigenvalue weighted by molar-refractivity contribution is 5.92. The molecule has 0 radical (unpaired) electrons. The Bertz CT molecular complexity index is 518. The molecule has 2 N–H and O–H groups in total. The van der Waals surface area contributed by atoms with Gasteiger partial charge in [0.15, 0.2) is 5.76 Å². The van der Waals surface area contributed by atoms with Crippen LogP contribution in [0, 0.1) is 0 Å². The Balaban J connectivity index is 0.00000176. The van der Waals surface area contributed by atoms with Crippen LogP contribution in [-0.4, -0.2) is 53.3 Å². The zero-order valence-electron chi connectivity index (χ0n) is 12.5. The van der Waals surface area contributed by atoms with Gasteiger partial charge in [-0.1, -0.05) is 12.8 Å². The number of piperazine rings is 1. The highest BCUT2D eigenvalue weighted by atomic mass is 35.5. The predicted molar refractivity (Wildman–Crippen MR) is 83.8 cm³/mol. The van der Waals surface area contributed by atoms with Gasteiger partial charge >= 0.3 is 0 Å². The minimum atomic E-state index is -0.673. The Morgan fingerprint density at radius 2 is 1.68 bits per heavy atom. The fourth-order valence-electron chi connectivity index (χ4n) is 3.20. The van der Waals surface area contributed by atoms with Crippen LogP contribution in [0.3, 0.4) is 0 Å². The van der Waals surface area contributed by atoms with Crippen LogP contribution in [0.15, 0.2) is 22.8 Å². The predicted octanol–water partition coefficient (Wildman–Crippen LogP) is 1.26. The van der Waals surface area contributed by atoms with Crippen molar-refractivity contribution in [1.29, 1.82) is 0 Å². The number of furan rings is 1. The number of amides is 2. The number of hydrogen-bond donors (Lipinski definition) is 1. The summed E-state index contributed by atoms with van der Waals surface area (Å²) < 4.78 is 5.13. The van der Waals surface area contributed by atoms with E-state index in [0.29, 0.717) is 31.9 Å². The highest BCUT2D eigenvalue weighted by Gasteiger charge is 2.40. The quantitative estimate of drug-likeness (QED) is 0.886. The van der Waals surface area contributed by atoms with E-state index in [1.165, 1.54) is 6.26 Å². The number of carbonyl (C=O) groups excluding carboxylic acids is 2. The molecule has 2 amide bonds. The maximum absolute atomic E-state index is 12.5. The lowest BCUT2D eigenvalue weighted by Gasteiger charge is -2.38. The molecule has 3 rings (SSSR count). The Labute approximate surface area is 136 Å². The first kappa shape index (κ1) is 16.8. The summed E-state index contributed by atoms with van der Waals surface area (Å²) in [6, 6.07) is 3.36. The molecule has 1 aromatic rings. The molecule has 0 aromatic carbocycles. The maximum Gasteiger partial charge on any atom is 0.289 e. The maximum atomic E-state index is 12.5. The lowest BCUT2D eigenvalue weighted by Crippen LogP contribution is -2.59. The number of rotatable bonds is 2. The van der Waals surface area contributed by atoms with Crippen LogP contribution in [0.4, 0.5) is 0 Å². The van der Waals surface area contributed by atoms with E-state index in [-0.39, 0.29) is 24.2 Å². The highest BCUT2D eigenvalue weighted by Crippen LogP contribution is 2.29. The minimum Gasteiger partial charge on any atom is -0.459 e. The molecule has 122 valence electrons. The van der Waals surface area contributed by atoms with Crippen LogP contribution >= 0.6 is 12.4 Å². The SMILES string of the molecule is Cl.NC1(C(=O)N2CCN(C(=O)c3ccco3)CC2)CCCC1. The van der Waals surface area contributed by atoms with Gasteiger partial charge < -0.3 is 20.0 Å². The van der Waals surface area contributed by atoms with Gasteiger partial charge in [0.05, 0.1) is 11.8 Å². The van der Waals surface area contributed by atoms with Crippen LogP contribution in [0.1, 0.15) is 36.2 Å². The molecule has 1 saturated carbocycles. The standard InChI is InChI=1S/C15H21N3O3.ClH/c16-15(5-1-2-6-15)14(20)18-9-7-17(8-10-18)13(19)12-4-3-11-21-12;/h3-4,11H,1-2,5-10,16H2;1H. The van der Waals surface area contributed by atoms with Gasteiger partial charge in [-0.2, -0.15) is 0 Å². The monoisotopic (exact) mass is 327 g/mol. The normalized spacial score (nSPS) is 20.6. The van der Waals surface area contributed by atoms with E-state index in [9.17, 15) is 9.59 Å². The van der Waals surface area contributed by atoms with Gasteiger partial charge in [-0.25, -0.2) is 0 Å². The molecular weight excluding hydrogens is 306 g/mol. The Kier molecular flexibility index (Phi) is 5.13. The molecule has 1 aromatic heterocycles. The van der Waals surface area contributed by atoms with Gasteiger partial charge in [-0.05, 0) is 25.0 Å². The molecule has 1 aliphatic carbocycles. The van der Waals surface area contributed by atoms with Gasteiger partial charge in [-0.15, -0.1) is 12.4 Å². The molecule has 0 atom stereocenters. The summed E-state index contributed by atoms with van der Waals surface area (Å²) in [5, 5.41) is 0. The summed E-state index contributed by atoms with van der Waals surface area (Å²) in [5.74, 6) is 0.279. The zero-order chi connectivity index (χ0) is 14.9. The van der Waals surface area contributed by atoms with Crippen LogP contribution in [0.25, 0.3) is 0 Å². The first-order valence-corrected chi connectivity index (χ1v) is 7.51. The number of hydrogen-bond acceptors (Lipinski definition) is 4. The third-order valence-corrected chi connectivity index (χ3v) is 4.51. The average molecular weight is 328 g/mol. The molecule has 0 bridgehead atoms. The smallest absolute Gasteiger partial charge is 0.289 e. The Morgan fingerprint density at radius 1 is 1.09 bits per heavy atom. The van der Waals surface area contributed by atoms with E-state index < -0.39 is 5.54 Å². The molecule has 2 heterocycles. The Hall–Kier alpha value is -1.53. The molecule has 2 aliphatic rings. The van der Waals surface area contributed by atoms with E-state index in [2.05, 4.69) is 0 Å². The lowest BCUT2D eigenvalue weighted by atomic mass is 9.97. The largest absolute Gasteiger partial charge is 0.459 e. The van der Waals surface area contributed by atoms with Crippen molar-refractivity contribution in [2.24, 2.45) is 5.73 Å². The van der Waals surface area contributed by atoms with E-state index in [0.717, 1.165) is 25.7 Å². The van der Waals surface area contributed by atoms with Crippen molar-refractivity contribution in [3.8, 4) is 0 Å². The molecule has 0 spiro atoms. The van der Waals surface area contributed by atoms with Gasteiger partial charge in [0.2, 0.25) is 5.91 Å². The van der Waals surface area contributed by atoms with Gasteiger partial charge in [-0.3, -0.25) is 9.59 Å². The molecule has 22 heavy (non-hydrogen) atoms. The van der Waals surface area contributed by atoms with E-state index >= 15 is 0 Å². The van der Waals surface area contributed by atoms with Crippen LogP contribution < -0.4 is 5.73 Å². The van der Waals surface area contributed by atoms with Crippen molar-refractivity contribution < 1.29 is 14.0 Å². The molecule has 1 aliphatic heterocycles. The first-order chi connectivity index (χ1) is 10.1. The minimum absolute atomic E-state index is 0. The van der Waals surface area contributed by atoms with Crippen molar-refractivity contribution in [3.63, 3.8) is 0 Å². The second-order valence-corrected chi connectivity index (χ2v) is 5.92. The molecule has 0 unspecified atom stereocenters. The number of nitrogens with two attached hydrogens (primary N) is 1. The summed E-state index contributed by atoms with van der Waals surface area (Å²) in [6.45, 7) is 2.15. The summed E-state index contributed by atoms with van der Waals surface area (Å²) in [4.78, 5) is 28.2. The van der Waals surface area contributed by atoms with E-state index in [4.69, 9.17) is 10.2 Å². The van der Waals surface area contributed by atoms with Gasteiger partial charge in [0.1, 0.15) is 0 Å². The fourth-order valence-corrected chi connectivity index (χ4v) is 3.20. The van der Waals surface area contributed by atoms with E-state index in [1.54, 1.807) is 21.9 Å². The molecule has 1 saturated heterocycles. The Morgan fingerprint density at radius 3 is 2.23 bits per heavy atom. The second-order valence-electron chi connectivity index (χ2n) is 5.92. The summed E-state index contributed by atoms with van der Waals surface area (Å²) in [7, 11) is 0. The van der Waals surface area contributed by atoms with Crippen molar-refractivity contribution >= 4 is 24.2 Å². The molecule has 2 fully saturated rings. The third-order valence-electron chi connectivity index (χ3n) is 4.51. The number of nitrogens with zero attached hydrogens (tertiary/aromatic N) is 2. The molecule has 6 nitrogen and oxygen atoms in total. The fraction of sp³-hybridized carbons (Fsp3) is 0.600. The summed E-state index contributed by atoms with van der Waals surface area (Å²) in [6.07, 6.45) is 5.10. The summed E-state index contributed by atoms with van der Waals surface area (Å²) in [5.41, 5.74) is 5.54. The van der Waals surface area contributed by atoms with Crippen LogP contribution in [-0.2, 0) is 4.79 Å². The molecular formula is C15H22ClN3O3. The zero-order valence-corrected chi connectivity index (χ0v) is 13.3. The second kappa shape index (κ2) is 6.71. The van der Waals surface area contributed by atoms with Crippen molar-refractivity contribution in [2.75, 3.05) is 26.2 Å². The van der Waals surface area contributed by atoms with Crippen molar-refractivity contribution in [3.05, 3.63) is 24.2 Å². The van der Waals surface area contributed by atoms with Crippen LogP contribution in [0.2, 0.25) is 0 Å². The topological polar surface area (TPSA) is 79.8 Å². The first-order valence-electron chi connectivity index (χ1n) is 7.51. The van der Waals surface area contributed by atoms with Gasteiger partial charge in [0, 0.05) is 26.2 Å². The third kappa shape index (κ3) is 3.13. The van der Waals surface area contributed by atoms with Gasteiger partial charge in [0.25, 0.3) is 5.91 Å². The number of carbonyl (C=O) groups is 2.